The molecule has 0 saturated heterocycles. The van der Waals surface area contributed by atoms with Gasteiger partial charge in [-0.1, -0.05) is 84.9 Å². The third-order valence-corrected chi connectivity index (χ3v) is 6.58. The van der Waals surface area contributed by atoms with Crippen molar-refractivity contribution in [2.45, 2.75) is 25.8 Å². The van der Waals surface area contributed by atoms with Gasteiger partial charge in [0.1, 0.15) is 11.6 Å². The molecule has 0 spiro atoms. The molecule has 0 saturated carbocycles. The van der Waals surface area contributed by atoms with E-state index in [1.165, 1.54) is 5.56 Å². The Kier molecular flexibility index (Phi) is 7.60. The van der Waals surface area contributed by atoms with Gasteiger partial charge < -0.3 is 14.6 Å². The molecule has 0 fully saturated rings. The summed E-state index contributed by atoms with van der Waals surface area (Å²) in [7, 11) is 1.70. The maximum Gasteiger partial charge on any atom is 0.224 e. The van der Waals surface area contributed by atoms with Gasteiger partial charge in [0, 0.05) is 18.5 Å². The number of hydrogen-bond donors (Lipinski definition) is 1. The molecule has 0 radical (unpaired) electrons. The number of fused-ring (bicyclic) bond motifs is 1. The highest BCUT2D eigenvalue weighted by molar-refractivity contribution is 5.79. The van der Waals surface area contributed by atoms with E-state index in [1.54, 1.807) is 7.11 Å². The van der Waals surface area contributed by atoms with E-state index in [0.29, 0.717) is 19.5 Å². The number of nitrogens with zero attached hydrogens (tertiary/aromatic N) is 2. The third kappa shape index (κ3) is 5.89. The zero-order valence-electron chi connectivity index (χ0n) is 21.1. The molecule has 0 aliphatic carbocycles. The van der Waals surface area contributed by atoms with Crippen LogP contribution < -0.4 is 10.1 Å². The predicted molar refractivity (Wildman–Crippen MR) is 149 cm³/mol. The highest BCUT2D eigenvalue weighted by Crippen LogP contribution is 2.24. The summed E-state index contributed by atoms with van der Waals surface area (Å²) >= 11 is 0. The molecule has 5 heteroatoms. The quantitative estimate of drug-likeness (QED) is 0.243. The zero-order chi connectivity index (χ0) is 25.5. The van der Waals surface area contributed by atoms with Gasteiger partial charge in [-0.05, 0) is 41.3 Å². The van der Waals surface area contributed by atoms with Crippen LogP contribution in [0.1, 0.15) is 23.4 Å². The average molecular weight is 490 g/mol. The van der Waals surface area contributed by atoms with Gasteiger partial charge in [-0.25, -0.2) is 4.98 Å². The fourth-order valence-electron chi connectivity index (χ4n) is 4.66. The SMILES string of the molecule is COc1ccccc1Cn1c(CCCNC(=O)Cc2ccc(-c3ccccc3)cc2)nc2ccccc21. The molecule has 37 heavy (non-hydrogen) atoms. The van der Waals surface area contributed by atoms with Crippen molar-refractivity contribution in [2.75, 3.05) is 13.7 Å². The Bertz CT molecular complexity index is 1470. The largest absolute Gasteiger partial charge is 0.496 e. The summed E-state index contributed by atoms with van der Waals surface area (Å²) in [5.74, 6) is 1.92. The van der Waals surface area contributed by atoms with Crippen molar-refractivity contribution in [2.24, 2.45) is 0 Å². The van der Waals surface area contributed by atoms with Crippen LogP contribution in [0.3, 0.4) is 0 Å². The fourth-order valence-corrected chi connectivity index (χ4v) is 4.66. The van der Waals surface area contributed by atoms with Gasteiger partial charge in [0.05, 0.1) is 31.1 Å². The standard InChI is InChI=1S/C32H31N3O2/c1-37-30-15-8-5-12-27(30)23-35-29-14-7-6-13-28(29)34-31(35)16-9-21-33-32(36)22-24-17-19-26(20-18-24)25-10-3-2-4-11-25/h2-8,10-15,17-20H,9,16,21-23H2,1H3,(H,33,36). The molecule has 0 aliphatic heterocycles. The van der Waals surface area contributed by atoms with Gasteiger partial charge in [0.15, 0.2) is 0 Å². The number of rotatable bonds is 10. The molecule has 5 nitrogen and oxygen atoms in total. The first-order valence-corrected chi connectivity index (χ1v) is 12.7. The van der Waals surface area contributed by atoms with Gasteiger partial charge >= 0.3 is 0 Å². The van der Waals surface area contributed by atoms with Gasteiger partial charge in [0.25, 0.3) is 0 Å². The number of carbonyl (C=O) groups is 1. The van der Waals surface area contributed by atoms with Gasteiger partial charge in [-0.15, -0.1) is 0 Å². The summed E-state index contributed by atoms with van der Waals surface area (Å²) in [6.45, 7) is 1.30. The van der Waals surface area contributed by atoms with Crippen LogP contribution in [0.25, 0.3) is 22.2 Å². The van der Waals surface area contributed by atoms with E-state index in [4.69, 9.17) is 9.72 Å². The number of aromatic nitrogens is 2. The van der Waals surface area contributed by atoms with Crippen molar-refractivity contribution in [3.63, 3.8) is 0 Å². The summed E-state index contributed by atoms with van der Waals surface area (Å²) in [6.07, 6.45) is 1.96. The number of aryl methyl sites for hydroxylation is 1. The number of nitrogens with one attached hydrogen (secondary N) is 1. The topological polar surface area (TPSA) is 56.1 Å². The number of imidazole rings is 1. The monoisotopic (exact) mass is 489 g/mol. The number of hydrogen-bond acceptors (Lipinski definition) is 3. The molecule has 0 aliphatic rings. The second-order valence-corrected chi connectivity index (χ2v) is 9.11. The Balaban J connectivity index is 1.18. The first-order chi connectivity index (χ1) is 18.2. The summed E-state index contributed by atoms with van der Waals surface area (Å²) in [4.78, 5) is 17.4. The van der Waals surface area contributed by atoms with Crippen LogP contribution in [-0.4, -0.2) is 29.1 Å². The first kappa shape index (κ1) is 24.3. The fraction of sp³-hybridized carbons (Fsp3) is 0.188. The summed E-state index contributed by atoms with van der Waals surface area (Å²) in [5.41, 5.74) is 6.54. The molecule has 1 heterocycles. The second-order valence-electron chi connectivity index (χ2n) is 9.11. The number of amides is 1. The van der Waals surface area contributed by atoms with E-state index in [9.17, 15) is 4.79 Å². The molecule has 5 rings (SSSR count). The third-order valence-electron chi connectivity index (χ3n) is 6.58. The van der Waals surface area contributed by atoms with E-state index in [1.807, 2.05) is 66.7 Å². The normalized spacial score (nSPS) is 10.9. The molecule has 1 N–H and O–H groups in total. The maximum absolute atomic E-state index is 12.6. The number of para-hydroxylation sites is 3. The van der Waals surface area contributed by atoms with Crippen LogP contribution >= 0.6 is 0 Å². The Morgan fingerprint density at radius 3 is 2.35 bits per heavy atom. The molecule has 0 unspecified atom stereocenters. The van der Waals surface area contributed by atoms with Gasteiger partial charge in [-0.3, -0.25) is 4.79 Å². The predicted octanol–water partition coefficient (Wildman–Crippen LogP) is 6.05. The Morgan fingerprint density at radius 1 is 0.838 bits per heavy atom. The average Bonchev–Trinajstić information content (AvgIpc) is 3.29. The molecule has 0 bridgehead atoms. The summed E-state index contributed by atoms with van der Waals surface area (Å²) in [6, 6.07) is 34.7. The molecular weight excluding hydrogens is 458 g/mol. The first-order valence-electron chi connectivity index (χ1n) is 12.7. The van der Waals surface area contributed by atoms with Gasteiger partial charge in [0.2, 0.25) is 5.91 Å². The van der Waals surface area contributed by atoms with E-state index in [-0.39, 0.29) is 5.91 Å². The maximum atomic E-state index is 12.6. The molecule has 4 aromatic carbocycles. The van der Waals surface area contributed by atoms with Crippen LogP contribution in [0.4, 0.5) is 0 Å². The lowest BCUT2D eigenvalue weighted by molar-refractivity contribution is -0.120. The number of benzene rings is 4. The van der Waals surface area contributed by atoms with Gasteiger partial charge in [-0.2, -0.15) is 0 Å². The van der Waals surface area contributed by atoms with Crippen LogP contribution in [0.15, 0.2) is 103 Å². The lowest BCUT2D eigenvalue weighted by Crippen LogP contribution is -2.26. The van der Waals surface area contributed by atoms with Crippen molar-refractivity contribution < 1.29 is 9.53 Å². The minimum absolute atomic E-state index is 0.0370. The minimum atomic E-state index is 0.0370. The molecule has 5 aromatic rings. The molecule has 186 valence electrons. The van der Waals surface area contributed by atoms with E-state index in [2.05, 4.69) is 46.3 Å². The van der Waals surface area contributed by atoms with E-state index >= 15 is 0 Å². The zero-order valence-corrected chi connectivity index (χ0v) is 21.1. The second kappa shape index (κ2) is 11.6. The lowest BCUT2D eigenvalue weighted by atomic mass is 10.0. The van der Waals surface area contributed by atoms with Crippen molar-refractivity contribution >= 4 is 16.9 Å². The lowest BCUT2D eigenvalue weighted by Gasteiger charge is -2.13. The van der Waals surface area contributed by atoms with Crippen LogP contribution in [0, 0.1) is 0 Å². The summed E-state index contributed by atoms with van der Waals surface area (Å²) < 4.78 is 7.82. The highest BCUT2D eigenvalue weighted by atomic mass is 16.5. The molecular formula is C32H31N3O2. The van der Waals surface area contributed by atoms with Crippen molar-refractivity contribution in [1.82, 2.24) is 14.9 Å². The highest BCUT2D eigenvalue weighted by Gasteiger charge is 2.13. The van der Waals surface area contributed by atoms with Crippen LogP contribution in [0.5, 0.6) is 5.75 Å². The number of ether oxygens (including phenoxy) is 1. The number of methoxy groups -OCH3 is 1. The molecule has 0 atom stereocenters. The van der Waals surface area contributed by atoms with E-state index in [0.717, 1.165) is 52.1 Å². The van der Waals surface area contributed by atoms with Crippen molar-refractivity contribution in [1.29, 1.82) is 0 Å². The molecule has 1 aromatic heterocycles. The Labute approximate surface area is 217 Å². The van der Waals surface area contributed by atoms with Crippen LogP contribution in [0.2, 0.25) is 0 Å². The molecule has 1 amide bonds. The summed E-state index contributed by atoms with van der Waals surface area (Å²) in [5, 5.41) is 3.07. The smallest absolute Gasteiger partial charge is 0.224 e. The Morgan fingerprint density at radius 2 is 1.54 bits per heavy atom. The Hall–Kier alpha value is -4.38. The van der Waals surface area contributed by atoms with Crippen molar-refractivity contribution in [3.8, 4) is 16.9 Å². The van der Waals surface area contributed by atoms with E-state index < -0.39 is 0 Å². The number of carbonyl (C=O) groups excluding carboxylic acids is 1. The minimum Gasteiger partial charge on any atom is -0.496 e. The van der Waals surface area contributed by atoms with Crippen molar-refractivity contribution in [3.05, 3.63) is 120 Å². The van der Waals surface area contributed by atoms with Crippen LogP contribution in [-0.2, 0) is 24.2 Å².